The smallest absolute Gasteiger partial charge is 0.286 e. The van der Waals surface area contributed by atoms with Gasteiger partial charge in [-0.25, -0.2) is 0 Å². The van der Waals surface area contributed by atoms with Crippen LogP contribution in [-0.4, -0.2) is 18.4 Å². The van der Waals surface area contributed by atoms with Crippen LogP contribution in [0.25, 0.3) is 0 Å². The summed E-state index contributed by atoms with van der Waals surface area (Å²) in [7, 11) is 0. The van der Waals surface area contributed by atoms with Gasteiger partial charge in [0.15, 0.2) is 5.76 Å². The monoisotopic (exact) mass is 364 g/mol. The highest BCUT2D eigenvalue weighted by molar-refractivity contribution is 5.93. The molecule has 0 aliphatic heterocycles. The number of rotatable bonds is 7. The number of benzene rings is 2. The van der Waals surface area contributed by atoms with E-state index in [-0.39, 0.29) is 30.5 Å². The van der Waals surface area contributed by atoms with Gasteiger partial charge < -0.3 is 19.8 Å². The minimum Gasteiger partial charge on any atom is -0.459 e. The minimum atomic E-state index is -0.342. The van der Waals surface area contributed by atoms with Gasteiger partial charge in [0, 0.05) is 18.7 Å². The fourth-order valence-corrected chi connectivity index (χ4v) is 2.36. The highest BCUT2D eigenvalue weighted by Crippen LogP contribution is 2.23. The number of carbonyl (C=O) groups is 2. The first kappa shape index (κ1) is 18.3. The van der Waals surface area contributed by atoms with Gasteiger partial charge in [-0.15, -0.1) is 0 Å². The Kier molecular flexibility index (Phi) is 5.89. The molecule has 0 radical (unpaired) electrons. The Morgan fingerprint density at radius 3 is 2.26 bits per heavy atom. The molecule has 0 saturated carbocycles. The van der Waals surface area contributed by atoms with E-state index in [1.807, 2.05) is 31.2 Å². The van der Waals surface area contributed by atoms with Crippen LogP contribution in [0, 0.1) is 6.92 Å². The number of nitrogens with one attached hydrogen (secondary N) is 2. The largest absolute Gasteiger partial charge is 0.459 e. The van der Waals surface area contributed by atoms with Crippen molar-refractivity contribution in [2.24, 2.45) is 0 Å². The summed E-state index contributed by atoms with van der Waals surface area (Å²) in [5, 5.41) is 5.41. The number of ether oxygens (including phenoxy) is 1. The van der Waals surface area contributed by atoms with E-state index in [1.54, 1.807) is 36.4 Å². The zero-order valence-corrected chi connectivity index (χ0v) is 14.9. The molecule has 0 fully saturated rings. The van der Waals surface area contributed by atoms with Crippen molar-refractivity contribution in [2.45, 2.75) is 13.3 Å². The molecule has 1 aromatic heterocycles. The molecule has 27 heavy (non-hydrogen) atoms. The molecule has 6 nitrogen and oxygen atoms in total. The molecule has 1 heterocycles. The van der Waals surface area contributed by atoms with Crippen molar-refractivity contribution < 1.29 is 18.7 Å². The molecule has 0 aliphatic carbocycles. The van der Waals surface area contributed by atoms with E-state index in [2.05, 4.69) is 10.6 Å². The molecule has 2 N–H and O–H groups in total. The molecule has 2 aromatic carbocycles. The van der Waals surface area contributed by atoms with Crippen molar-refractivity contribution in [3.05, 3.63) is 78.3 Å². The van der Waals surface area contributed by atoms with E-state index >= 15 is 0 Å². The van der Waals surface area contributed by atoms with Gasteiger partial charge in [-0.3, -0.25) is 9.59 Å². The van der Waals surface area contributed by atoms with Crippen LogP contribution in [-0.2, 0) is 4.79 Å². The third-order valence-corrected chi connectivity index (χ3v) is 3.78. The van der Waals surface area contributed by atoms with Gasteiger partial charge in [0.1, 0.15) is 11.5 Å². The van der Waals surface area contributed by atoms with Crippen molar-refractivity contribution in [1.29, 1.82) is 0 Å². The molecule has 3 rings (SSSR count). The molecular formula is C21H20N2O4. The van der Waals surface area contributed by atoms with Gasteiger partial charge in [-0.1, -0.05) is 17.7 Å². The maximum atomic E-state index is 12.0. The first-order valence-electron chi connectivity index (χ1n) is 8.56. The summed E-state index contributed by atoms with van der Waals surface area (Å²) in [5.74, 6) is 1.12. The summed E-state index contributed by atoms with van der Waals surface area (Å²) in [4.78, 5) is 23.7. The highest BCUT2D eigenvalue weighted by Gasteiger charge is 2.09. The van der Waals surface area contributed by atoms with Gasteiger partial charge in [0.25, 0.3) is 5.91 Å². The van der Waals surface area contributed by atoms with E-state index in [1.165, 1.54) is 11.8 Å². The lowest BCUT2D eigenvalue weighted by atomic mass is 10.2. The molecule has 0 spiro atoms. The molecule has 2 amide bonds. The summed E-state index contributed by atoms with van der Waals surface area (Å²) < 4.78 is 10.7. The number of amides is 2. The molecule has 6 heteroatoms. The maximum Gasteiger partial charge on any atom is 0.286 e. The van der Waals surface area contributed by atoms with Crippen molar-refractivity contribution in [2.75, 3.05) is 11.9 Å². The normalized spacial score (nSPS) is 10.3. The third-order valence-electron chi connectivity index (χ3n) is 3.78. The van der Waals surface area contributed by atoms with E-state index in [9.17, 15) is 9.59 Å². The lowest BCUT2D eigenvalue weighted by Gasteiger charge is -2.09. The predicted molar refractivity (Wildman–Crippen MR) is 102 cm³/mol. The van der Waals surface area contributed by atoms with Crippen molar-refractivity contribution >= 4 is 17.5 Å². The number of anilines is 1. The van der Waals surface area contributed by atoms with Gasteiger partial charge in [0.2, 0.25) is 5.91 Å². The van der Waals surface area contributed by atoms with Gasteiger partial charge in [0.05, 0.1) is 6.26 Å². The van der Waals surface area contributed by atoms with Gasteiger partial charge >= 0.3 is 0 Å². The van der Waals surface area contributed by atoms with E-state index in [0.717, 1.165) is 5.75 Å². The second kappa shape index (κ2) is 8.71. The number of hydrogen-bond acceptors (Lipinski definition) is 4. The SMILES string of the molecule is Cc1ccc(Oc2ccc(NC(=O)CCNC(=O)c3ccco3)cc2)cc1. The Morgan fingerprint density at radius 2 is 1.63 bits per heavy atom. The van der Waals surface area contributed by atoms with Crippen LogP contribution < -0.4 is 15.4 Å². The second-order valence-electron chi connectivity index (χ2n) is 5.97. The zero-order chi connectivity index (χ0) is 19.1. The van der Waals surface area contributed by atoms with Gasteiger partial charge in [-0.05, 0) is 55.5 Å². The zero-order valence-electron chi connectivity index (χ0n) is 14.9. The predicted octanol–water partition coefficient (Wildman–Crippen LogP) is 4.14. The van der Waals surface area contributed by atoms with Crippen LogP contribution in [0.3, 0.4) is 0 Å². The highest BCUT2D eigenvalue weighted by atomic mass is 16.5. The molecule has 0 unspecified atom stereocenters. The summed E-state index contributed by atoms with van der Waals surface area (Å²) in [6.07, 6.45) is 1.59. The van der Waals surface area contributed by atoms with Crippen LogP contribution in [0.2, 0.25) is 0 Å². The van der Waals surface area contributed by atoms with Crippen molar-refractivity contribution in [3.8, 4) is 11.5 Å². The second-order valence-corrected chi connectivity index (χ2v) is 5.97. The Hall–Kier alpha value is -3.54. The lowest BCUT2D eigenvalue weighted by molar-refractivity contribution is -0.116. The first-order chi connectivity index (χ1) is 13.1. The Bertz CT molecular complexity index is 885. The molecule has 3 aromatic rings. The van der Waals surface area contributed by atoms with E-state index in [0.29, 0.717) is 11.4 Å². The van der Waals surface area contributed by atoms with Crippen molar-refractivity contribution in [3.63, 3.8) is 0 Å². The van der Waals surface area contributed by atoms with Crippen LogP contribution in [0.1, 0.15) is 22.5 Å². The van der Waals surface area contributed by atoms with E-state index in [4.69, 9.17) is 9.15 Å². The Morgan fingerprint density at radius 1 is 0.963 bits per heavy atom. The standard InChI is InChI=1S/C21H20N2O4/c1-15-4-8-17(9-5-15)27-18-10-6-16(7-11-18)23-20(24)12-13-22-21(25)19-3-2-14-26-19/h2-11,14H,12-13H2,1H3,(H,22,25)(H,23,24). The Balaban J connectivity index is 1.44. The number of furan rings is 1. The lowest BCUT2D eigenvalue weighted by Crippen LogP contribution is -2.27. The van der Waals surface area contributed by atoms with Crippen LogP contribution in [0.5, 0.6) is 11.5 Å². The van der Waals surface area contributed by atoms with Crippen molar-refractivity contribution in [1.82, 2.24) is 5.32 Å². The molecule has 0 saturated heterocycles. The minimum absolute atomic E-state index is 0.161. The van der Waals surface area contributed by atoms with Crippen LogP contribution >= 0.6 is 0 Å². The summed E-state index contributed by atoms with van der Waals surface area (Å²) in [5.41, 5.74) is 1.83. The summed E-state index contributed by atoms with van der Waals surface area (Å²) in [6.45, 7) is 2.24. The fourth-order valence-electron chi connectivity index (χ4n) is 2.36. The topological polar surface area (TPSA) is 80.6 Å². The molecule has 138 valence electrons. The third kappa shape index (κ3) is 5.47. The molecule has 0 atom stereocenters. The summed E-state index contributed by atoms with van der Waals surface area (Å²) in [6, 6.07) is 18.1. The first-order valence-corrected chi connectivity index (χ1v) is 8.56. The summed E-state index contributed by atoms with van der Waals surface area (Å²) >= 11 is 0. The average molecular weight is 364 g/mol. The maximum absolute atomic E-state index is 12.0. The molecule has 0 bridgehead atoms. The number of aryl methyl sites for hydroxylation is 1. The molecule has 0 aliphatic rings. The van der Waals surface area contributed by atoms with E-state index < -0.39 is 0 Å². The fraction of sp³-hybridized carbons (Fsp3) is 0.143. The average Bonchev–Trinajstić information content (AvgIpc) is 3.20. The molecular weight excluding hydrogens is 344 g/mol. The quantitative estimate of drug-likeness (QED) is 0.660. The number of carbonyl (C=O) groups excluding carboxylic acids is 2. The number of hydrogen-bond donors (Lipinski definition) is 2. The van der Waals surface area contributed by atoms with Crippen LogP contribution in [0.15, 0.2) is 71.3 Å². The Labute approximate surface area is 157 Å². The van der Waals surface area contributed by atoms with Crippen LogP contribution in [0.4, 0.5) is 5.69 Å². The van der Waals surface area contributed by atoms with Gasteiger partial charge in [-0.2, -0.15) is 0 Å².